The Morgan fingerprint density at radius 1 is 1.53 bits per heavy atom. The Morgan fingerprint density at radius 2 is 2.41 bits per heavy atom. The van der Waals surface area contributed by atoms with Crippen LogP contribution in [0, 0.1) is 0 Å². The Morgan fingerprint density at radius 3 is 3.06 bits per heavy atom. The van der Waals surface area contributed by atoms with Crippen molar-refractivity contribution in [3.05, 3.63) is 24.2 Å². The molecule has 1 aliphatic heterocycles. The smallest absolute Gasteiger partial charge is 0.117 e. The molecule has 2 rings (SSSR count). The summed E-state index contributed by atoms with van der Waals surface area (Å²) >= 11 is 0. The molecule has 0 saturated carbocycles. The maximum absolute atomic E-state index is 5.61. The van der Waals surface area contributed by atoms with Crippen molar-refractivity contribution in [1.82, 2.24) is 5.32 Å². The van der Waals surface area contributed by atoms with E-state index in [0.29, 0.717) is 12.1 Å². The second-order valence-corrected chi connectivity index (χ2v) is 4.57. The fraction of sp³-hybridized carbons (Fsp3) is 0.692. The number of rotatable bonds is 6. The Labute approximate surface area is 109 Å². The molecule has 1 aromatic rings. The van der Waals surface area contributed by atoms with Crippen LogP contribution in [0.2, 0.25) is 0 Å². The van der Waals surface area contributed by atoms with Gasteiger partial charge < -0.3 is 14.5 Å². The molecule has 2 unspecified atom stereocenters. The molecule has 1 N–H and O–H groups in total. The van der Waals surface area contributed by atoms with Crippen molar-refractivity contribution in [1.29, 1.82) is 0 Å². The highest BCUT2D eigenvalue weighted by Crippen LogP contribution is 2.17. The predicted molar refractivity (Wildman–Crippen MR) is 70.5 cm³/mol. The summed E-state index contributed by atoms with van der Waals surface area (Å²) < 4.78 is 10.9. The zero-order valence-corrected chi connectivity index (χ0v) is 11.2. The van der Waals surface area contributed by atoms with Gasteiger partial charge in [0.05, 0.1) is 18.9 Å². The molecular weight excluding hydrogens is 238 g/mol. The third-order valence-electron chi connectivity index (χ3n) is 3.15. The van der Waals surface area contributed by atoms with Crippen LogP contribution in [-0.2, 0) is 11.3 Å². The Bertz CT molecular complexity index is 284. The molecule has 1 aromatic heterocycles. The van der Waals surface area contributed by atoms with Gasteiger partial charge in [0.25, 0.3) is 0 Å². The highest BCUT2D eigenvalue weighted by Gasteiger charge is 2.16. The fourth-order valence-corrected chi connectivity index (χ4v) is 2.10. The van der Waals surface area contributed by atoms with E-state index in [4.69, 9.17) is 9.15 Å². The summed E-state index contributed by atoms with van der Waals surface area (Å²) in [5.41, 5.74) is 0. The van der Waals surface area contributed by atoms with Crippen LogP contribution in [-0.4, -0.2) is 18.8 Å². The van der Waals surface area contributed by atoms with Gasteiger partial charge >= 0.3 is 0 Å². The van der Waals surface area contributed by atoms with Gasteiger partial charge in [-0.25, -0.2) is 0 Å². The molecular formula is C13H22ClNO2. The van der Waals surface area contributed by atoms with E-state index < -0.39 is 0 Å². The second kappa shape index (κ2) is 7.75. The van der Waals surface area contributed by atoms with E-state index in [0.717, 1.165) is 18.9 Å². The molecule has 0 spiro atoms. The molecule has 0 bridgehead atoms. The SMILES string of the molecule is CC(CCC1CCCO1)NCc1ccco1.Cl. The van der Waals surface area contributed by atoms with E-state index in [2.05, 4.69) is 12.2 Å². The molecule has 1 aliphatic rings. The number of hydrogen-bond acceptors (Lipinski definition) is 3. The van der Waals surface area contributed by atoms with Crippen molar-refractivity contribution in [2.75, 3.05) is 6.61 Å². The maximum atomic E-state index is 5.61. The van der Waals surface area contributed by atoms with E-state index >= 15 is 0 Å². The third kappa shape index (κ3) is 5.11. The molecule has 4 heteroatoms. The molecule has 0 aromatic carbocycles. The molecule has 98 valence electrons. The summed E-state index contributed by atoms with van der Waals surface area (Å²) in [6.45, 7) is 4.00. The summed E-state index contributed by atoms with van der Waals surface area (Å²) in [6.07, 6.45) is 7.04. The minimum Gasteiger partial charge on any atom is -0.468 e. The van der Waals surface area contributed by atoms with E-state index in [-0.39, 0.29) is 12.4 Å². The molecule has 0 aliphatic carbocycles. The normalized spacial score (nSPS) is 21.1. The van der Waals surface area contributed by atoms with Crippen molar-refractivity contribution >= 4 is 12.4 Å². The van der Waals surface area contributed by atoms with Gasteiger partial charge in [0, 0.05) is 12.6 Å². The molecule has 17 heavy (non-hydrogen) atoms. The minimum atomic E-state index is 0. The summed E-state index contributed by atoms with van der Waals surface area (Å²) in [5.74, 6) is 1.00. The Kier molecular flexibility index (Phi) is 6.63. The quantitative estimate of drug-likeness (QED) is 0.852. The van der Waals surface area contributed by atoms with E-state index in [1.165, 1.54) is 25.7 Å². The predicted octanol–water partition coefficient (Wildman–Crippen LogP) is 3.14. The average molecular weight is 260 g/mol. The lowest BCUT2D eigenvalue weighted by Crippen LogP contribution is -2.26. The van der Waals surface area contributed by atoms with Crippen molar-refractivity contribution in [2.45, 2.75) is 51.3 Å². The first-order chi connectivity index (χ1) is 7.84. The lowest BCUT2D eigenvalue weighted by molar-refractivity contribution is 0.1000. The zero-order chi connectivity index (χ0) is 11.2. The van der Waals surface area contributed by atoms with Crippen LogP contribution >= 0.6 is 12.4 Å². The number of hydrogen-bond donors (Lipinski definition) is 1. The number of nitrogens with one attached hydrogen (secondary N) is 1. The number of ether oxygens (including phenoxy) is 1. The molecule has 2 heterocycles. The van der Waals surface area contributed by atoms with Gasteiger partial charge in [0.2, 0.25) is 0 Å². The number of halogens is 1. The Balaban J connectivity index is 0.00000144. The van der Waals surface area contributed by atoms with Crippen molar-refractivity contribution in [3.63, 3.8) is 0 Å². The fourth-order valence-electron chi connectivity index (χ4n) is 2.10. The molecule has 1 saturated heterocycles. The number of furan rings is 1. The van der Waals surface area contributed by atoms with Crippen LogP contribution in [0.4, 0.5) is 0 Å². The van der Waals surface area contributed by atoms with Gasteiger partial charge in [-0.05, 0) is 44.7 Å². The second-order valence-electron chi connectivity index (χ2n) is 4.57. The van der Waals surface area contributed by atoms with Gasteiger partial charge in [-0.3, -0.25) is 0 Å². The lowest BCUT2D eigenvalue weighted by atomic mass is 10.1. The van der Waals surface area contributed by atoms with Crippen LogP contribution in [0.25, 0.3) is 0 Å². The van der Waals surface area contributed by atoms with E-state index in [1.807, 2.05) is 12.1 Å². The van der Waals surface area contributed by atoms with Crippen molar-refractivity contribution in [2.24, 2.45) is 0 Å². The minimum absolute atomic E-state index is 0. The monoisotopic (exact) mass is 259 g/mol. The summed E-state index contributed by atoms with van der Waals surface area (Å²) in [6, 6.07) is 4.45. The Hall–Kier alpha value is -0.510. The zero-order valence-electron chi connectivity index (χ0n) is 10.4. The molecule has 3 nitrogen and oxygen atoms in total. The molecule has 0 amide bonds. The summed E-state index contributed by atoms with van der Waals surface area (Å²) in [4.78, 5) is 0. The first-order valence-corrected chi connectivity index (χ1v) is 6.22. The van der Waals surface area contributed by atoms with Gasteiger partial charge in [0.1, 0.15) is 5.76 Å². The highest BCUT2D eigenvalue weighted by atomic mass is 35.5. The molecule has 2 atom stereocenters. The van der Waals surface area contributed by atoms with Crippen LogP contribution in [0.15, 0.2) is 22.8 Å². The largest absolute Gasteiger partial charge is 0.468 e. The van der Waals surface area contributed by atoms with Crippen molar-refractivity contribution < 1.29 is 9.15 Å². The van der Waals surface area contributed by atoms with Gasteiger partial charge in [-0.1, -0.05) is 0 Å². The topological polar surface area (TPSA) is 34.4 Å². The van der Waals surface area contributed by atoms with Gasteiger partial charge in [0.15, 0.2) is 0 Å². The van der Waals surface area contributed by atoms with Crippen LogP contribution in [0.1, 0.15) is 38.4 Å². The van der Waals surface area contributed by atoms with Crippen LogP contribution in [0.5, 0.6) is 0 Å². The molecule has 1 fully saturated rings. The first-order valence-electron chi connectivity index (χ1n) is 6.22. The summed E-state index contributed by atoms with van der Waals surface area (Å²) in [5, 5.41) is 3.46. The van der Waals surface area contributed by atoms with Crippen LogP contribution < -0.4 is 5.32 Å². The van der Waals surface area contributed by atoms with Gasteiger partial charge in [-0.2, -0.15) is 0 Å². The van der Waals surface area contributed by atoms with Crippen molar-refractivity contribution in [3.8, 4) is 0 Å². The highest BCUT2D eigenvalue weighted by molar-refractivity contribution is 5.85. The summed E-state index contributed by atoms with van der Waals surface area (Å²) in [7, 11) is 0. The lowest BCUT2D eigenvalue weighted by Gasteiger charge is -2.15. The van der Waals surface area contributed by atoms with E-state index in [9.17, 15) is 0 Å². The van der Waals surface area contributed by atoms with Crippen LogP contribution in [0.3, 0.4) is 0 Å². The standard InChI is InChI=1S/C13H21NO2.ClH/c1-11(6-7-12-4-2-8-15-12)14-10-13-5-3-9-16-13;/h3,5,9,11-12,14H,2,4,6-8,10H2,1H3;1H. The van der Waals surface area contributed by atoms with Gasteiger partial charge in [-0.15, -0.1) is 12.4 Å². The maximum Gasteiger partial charge on any atom is 0.117 e. The van der Waals surface area contributed by atoms with E-state index in [1.54, 1.807) is 6.26 Å². The third-order valence-corrected chi connectivity index (χ3v) is 3.15. The average Bonchev–Trinajstić information content (AvgIpc) is 2.96. The first kappa shape index (κ1) is 14.6. The molecule has 0 radical (unpaired) electrons.